The first-order valence-electron chi connectivity index (χ1n) is 21.9. The Kier molecular flexibility index (Phi) is 20.4. The van der Waals surface area contributed by atoms with Gasteiger partial charge in [-0.05, 0) is 65.5 Å². The maximum absolute atomic E-state index is 14.0. The first kappa shape index (κ1) is 66.8. The molecule has 0 N–H and O–H groups in total. The van der Waals surface area contributed by atoms with Gasteiger partial charge in [0.1, 0.15) is 0 Å². The summed E-state index contributed by atoms with van der Waals surface area (Å²) in [6.45, 7) is 2.57. The maximum atomic E-state index is 14.0. The van der Waals surface area contributed by atoms with Crippen LogP contribution < -0.4 is 36.7 Å². The summed E-state index contributed by atoms with van der Waals surface area (Å²) >= 11 is 0. The third-order valence-electron chi connectivity index (χ3n) is 11.3. The van der Waals surface area contributed by atoms with Crippen molar-refractivity contribution in [1.82, 2.24) is 0 Å². The third-order valence-corrected chi connectivity index (χ3v) is 16.6. The summed E-state index contributed by atoms with van der Waals surface area (Å²) in [7, 11) is -2.26. The van der Waals surface area contributed by atoms with E-state index in [-0.39, 0.29) is 63.1 Å². The van der Waals surface area contributed by atoms with Gasteiger partial charge in [0.05, 0.1) is 44.5 Å². The number of rotatable bonds is 7. The van der Waals surface area contributed by atoms with Gasteiger partial charge in [-0.15, -0.1) is 5.30 Å². The largest absolute Gasteiger partial charge is 0.747 e. The summed E-state index contributed by atoms with van der Waals surface area (Å²) in [5, 5.41) is -5.25. The summed E-state index contributed by atoms with van der Waals surface area (Å²) in [4.78, 5) is 2.08. The number of hydrogen-bond acceptors (Lipinski definition) is 1. The number of halogens is 24. The summed E-state index contributed by atoms with van der Waals surface area (Å²) in [5.74, 6) is 0. The first-order chi connectivity index (χ1) is 36.0. The fourth-order valence-corrected chi connectivity index (χ4v) is 13.8. The van der Waals surface area contributed by atoms with E-state index in [0.29, 0.717) is 48.5 Å². The topological polar surface area (TPSA) is 3.24 Å². The van der Waals surface area contributed by atoms with Crippen LogP contribution in [0.5, 0.6) is 0 Å². The van der Waals surface area contributed by atoms with E-state index >= 15 is 0 Å². The number of nitrogens with zero attached hydrogens (tertiary/aromatic N) is 1. The maximum Gasteiger partial charge on any atom is 0.417 e. The average Bonchev–Trinajstić information content (AvgIpc) is 3.94. The zero-order valence-corrected chi connectivity index (χ0v) is 43.4. The van der Waals surface area contributed by atoms with Gasteiger partial charge < -0.3 is 34.0 Å². The Hall–Kier alpha value is -5.70. The second-order valence-electron chi connectivity index (χ2n) is 16.9. The molecule has 0 amide bonds. The van der Waals surface area contributed by atoms with Crippen LogP contribution in [0.15, 0.2) is 140 Å². The molecule has 0 unspecified atom stereocenters. The molecule has 0 saturated carbocycles. The Balaban J connectivity index is 0.000000294. The molecule has 440 valence electrons. The van der Waals surface area contributed by atoms with Gasteiger partial charge >= 0.3 is 49.4 Å². The average molecular weight is 1250 g/mol. The molecular formula is C52H35F24FeNP2-6. The zero-order valence-electron chi connectivity index (χ0n) is 40.5. The van der Waals surface area contributed by atoms with Crippen LogP contribution in [-0.2, 0) is 66.5 Å². The van der Waals surface area contributed by atoms with E-state index in [1.54, 1.807) is 0 Å². The minimum atomic E-state index is -5.68. The quantitative estimate of drug-likeness (QED) is 0.0665. The summed E-state index contributed by atoms with van der Waals surface area (Å²) in [5.41, 5.74) is -16.1. The molecule has 0 bridgehead atoms. The van der Waals surface area contributed by atoms with Gasteiger partial charge in [-0.3, -0.25) is 0 Å². The standard InChI is InChI=1S/2C22H12F12P.C8H11N.Fe/c2*1-11-5-2-8-14(11)35(15-9-3-6-12(19(23,24)25)17(15)21(29,30)31)16-10-4-7-13(20(26,27)28)18(16)22(32,33)34;1-9(2)8-6-4-3-5-7-8;/h2*2-10H,1H3;3-7H,1-2H3;/q-5;-1;;. The van der Waals surface area contributed by atoms with E-state index in [1.807, 2.05) is 32.3 Å². The molecule has 0 saturated heterocycles. The second kappa shape index (κ2) is 24.4. The molecule has 0 aliphatic carbocycles. The molecule has 7 aromatic carbocycles. The van der Waals surface area contributed by atoms with Crippen LogP contribution in [0.25, 0.3) is 0 Å². The Labute approximate surface area is 451 Å². The van der Waals surface area contributed by atoms with Crippen LogP contribution in [0, 0.1) is 13.8 Å². The molecule has 80 heavy (non-hydrogen) atoms. The van der Waals surface area contributed by atoms with E-state index in [0.717, 1.165) is 12.1 Å². The fourth-order valence-electron chi connectivity index (χ4n) is 8.05. The van der Waals surface area contributed by atoms with E-state index in [1.165, 1.54) is 43.8 Å². The summed E-state index contributed by atoms with van der Waals surface area (Å²) < 4.78 is 330. The Bertz CT molecular complexity index is 2840. The van der Waals surface area contributed by atoms with E-state index < -0.39 is 131 Å². The molecule has 0 atom stereocenters. The van der Waals surface area contributed by atoms with Crippen LogP contribution in [0.1, 0.15) is 55.6 Å². The SMILES string of the molecule is CN(C)c1ccccc1.C[c-]1[cH-][cH-][cH-][c-]1P(c1cccc(C(F)(F)F)c1C(F)(F)F)c1cccc(C(F)(F)F)c1C(F)(F)F.C[c-]1cccc1P(c1cccc(C(F)(F)F)c1C(F)(F)F)c1cccc(C(F)(F)F)c1C(F)(F)F.[Fe]. The molecule has 0 aromatic heterocycles. The molecule has 7 rings (SSSR count). The van der Waals surface area contributed by atoms with Gasteiger partial charge in [0, 0.05) is 36.9 Å². The molecule has 1 nitrogen and oxygen atoms in total. The van der Waals surface area contributed by atoms with Crippen molar-refractivity contribution < 1.29 is 122 Å². The van der Waals surface area contributed by atoms with Crippen LogP contribution in [0.2, 0.25) is 0 Å². The van der Waals surface area contributed by atoms with Gasteiger partial charge in [0.15, 0.2) is 0 Å². The van der Waals surface area contributed by atoms with Crippen molar-refractivity contribution in [3.63, 3.8) is 0 Å². The van der Waals surface area contributed by atoms with Crippen LogP contribution in [-0.4, -0.2) is 14.1 Å². The predicted molar refractivity (Wildman–Crippen MR) is 252 cm³/mol. The molecule has 0 heterocycles. The molecular weight excluding hydrogens is 1210 g/mol. The smallest absolute Gasteiger partial charge is 0.417 e. The number of aryl methyl sites for hydroxylation is 2. The van der Waals surface area contributed by atoms with E-state index in [2.05, 4.69) is 17.0 Å². The monoisotopic (exact) mass is 1250 g/mol. The van der Waals surface area contributed by atoms with E-state index in [4.69, 9.17) is 0 Å². The minimum absolute atomic E-state index is 0. The van der Waals surface area contributed by atoms with Crippen molar-refractivity contribution in [3.8, 4) is 0 Å². The van der Waals surface area contributed by atoms with E-state index in [9.17, 15) is 105 Å². The zero-order chi connectivity index (χ0) is 59.8. The Morgan fingerprint density at radius 3 is 0.950 bits per heavy atom. The summed E-state index contributed by atoms with van der Waals surface area (Å²) in [6, 6.07) is 22.6. The van der Waals surface area contributed by atoms with Gasteiger partial charge in [-0.1, -0.05) is 73.7 Å². The molecule has 28 heteroatoms. The van der Waals surface area contributed by atoms with Crippen molar-refractivity contribution in [2.45, 2.75) is 63.3 Å². The minimum Gasteiger partial charge on any atom is -0.747 e. The first-order valence-corrected chi connectivity index (χ1v) is 24.6. The van der Waals surface area contributed by atoms with Crippen LogP contribution >= 0.6 is 15.8 Å². The van der Waals surface area contributed by atoms with Crippen molar-refractivity contribution >= 4 is 53.4 Å². The van der Waals surface area contributed by atoms with Gasteiger partial charge in [-0.25, -0.2) is 27.0 Å². The van der Waals surface area contributed by atoms with Crippen molar-refractivity contribution in [2.24, 2.45) is 0 Å². The van der Waals surface area contributed by atoms with Crippen LogP contribution in [0.4, 0.5) is 111 Å². The van der Waals surface area contributed by atoms with Crippen molar-refractivity contribution in [2.75, 3.05) is 19.0 Å². The molecule has 0 spiro atoms. The van der Waals surface area contributed by atoms with Crippen molar-refractivity contribution in [1.29, 1.82) is 0 Å². The van der Waals surface area contributed by atoms with Crippen LogP contribution in [0.3, 0.4) is 0 Å². The van der Waals surface area contributed by atoms with Gasteiger partial charge in [-0.2, -0.15) is 117 Å². The summed E-state index contributed by atoms with van der Waals surface area (Å²) in [6.07, 6.45) is -44.9. The molecule has 0 aliphatic heterocycles. The number of alkyl halides is 24. The number of benzene rings is 5. The molecule has 0 aliphatic rings. The number of para-hydroxylation sites is 1. The Morgan fingerprint density at radius 1 is 0.375 bits per heavy atom. The van der Waals surface area contributed by atoms with Gasteiger partial charge in [0.2, 0.25) is 0 Å². The predicted octanol–water partition coefficient (Wildman–Crippen LogP) is 16.8. The van der Waals surface area contributed by atoms with Crippen molar-refractivity contribution in [3.05, 3.63) is 195 Å². The molecule has 0 fully saturated rings. The third kappa shape index (κ3) is 15.4. The normalized spacial score (nSPS) is 12.9. The Morgan fingerprint density at radius 2 is 0.700 bits per heavy atom. The second-order valence-corrected chi connectivity index (χ2v) is 21.1. The number of hydrogen-bond donors (Lipinski definition) is 0. The number of anilines is 1. The van der Waals surface area contributed by atoms with Gasteiger partial charge in [0.25, 0.3) is 0 Å². The molecule has 0 radical (unpaired) electrons. The molecule has 7 aromatic rings. The fraction of sp³-hybridized carbons (Fsp3) is 0.231.